The Hall–Kier alpha value is -1.32. The van der Waals surface area contributed by atoms with Crippen LogP contribution in [0.4, 0.5) is 0 Å². The SMILES string of the molecule is CCn1c(CNC2CCCC2)cc2ccc(CN)cc21. The van der Waals surface area contributed by atoms with Crippen molar-refractivity contribution in [2.75, 3.05) is 0 Å². The zero-order chi connectivity index (χ0) is 13.9. The molecule has 108 valence electrons. The van der Waals surface area contributed by atoms with Crippen molar-refractivity contribution < 1.29 is 0 Å². The van der Waals surface area contributed by atoms with Crippen molar-refractivity contribution in [1.29, 1.82) is 0 Å². The predicted molar refractivity (Wildman–Crippen MR) is 84.6 cm³/mol. The molecule has 1 aromatic carbocycles. The Bertz CT molecular complexity index is 579. The molecule has 0 saturated heterocycles. The van der Waals surface area contributed by atoms with Crippen molar-refractivity contribution in [3.8, 4) is 0 Å². The fourth-order valence-corrected chi connectivity index (χ4v) is 3.38. The van der Waals surface area contributed by atoms with Crippen molar-refractivity contribution in [3.63, 3.8) is 0 Å². The van der Waals surface area contributed by atoms with Gasteiger partial charge in [-0.15, -0.1) is 0 Å². The molecule has 3 nitrogen and oxygen atoms in total. The van der Waals surface area contributed by atoms with Gasteiger partial charge in [-0.05, 0) is 42.8 Å². The summed E-state index contributed by atoms with van der Waals surface area (Å²) in [5.74, 6) is 0. The minimum atomic E-state index is 0.612. The number of aromatic nitrogens is 1. The summed E-state index contributed by atoms with van der Waals surface area (Å²) in [5, 5.41) is 5.04. The first-order valence-electron chi connectivity index (χ1n) is 7.86. The molecule has 3 N–H and O–H groups in total. The first-order valence-corrected chi connectivity index (χ1v) is 7.86. The number of benzene rings is 1. The lowest BCUT2D eigenvalue weighted by atomic mass is 10.1. The summed E-state index contributed by atoms with van der Waals surface area (Å²) in [6.45, 7) is 4.82. The lowest BCUT2D eigenvalue weighted by Gasteiger charge is -2.13. The summed E-state index contributed by atoms with van der Waals surface area (Å²) in [5.41, 5.74) is 9.68. The van der Waals surface area contributed by atoms with Crippen LogP contribution in [0.15, 0.2) is 24.3 Å². The van der Waals surface area contributed by atoms with E-state index in [1.807, 2.05) is 0 Å². The molecule has 3 rings (SSSR count). The molecule has 0 bridgehead atoms. The maximum Gasteiger partial charge on any atom is 0.0486 e. The average molecular weight is 271 g/mol. The van der Waals surface area contributed by atoms with Crippen LogP contribution in [0.3, 0.4) is 0 Å². The Morgan fingerprint density at radius 2 is 2.05 bits per heavy atom. The Morgan fingerprint density at radius 1 is 1.25 bits per heavy atom. The van der Waals surface area contributed by atoms with Crippen LogP contribution >= 0.6 is 0 Å². The molecule has 1 heterocycles. The van der Waals surface area contributed by atoms with E-state index in [1.54, 1.807) is 0 Å². The van der Waals surface area contributed by atoms with Crippen LogP contribution in [0.5, 0.6) is 0 Å². The summed E-state index contributed by atoms with van der Waals surface area (Å²) < 4.78 is 2.41. The summed E-state index contributed by atoms with van der Waals surface area (Å²) in [7, 11) is 0. The smallest absolute Gasteiger partial charge is 0.0486 e. The van der Waals surface area contributed by atoms with Crippen LogP contribution in [0, 0.1) is 0 Å². The summed E-state index contributed by atoms with van der Waals surface area (Å²) in [4.78, 5) is 0. The molecule has 1 saturated carbocycles. The number of nitrogens with zero attached hydrogens (tertiary/aromatic N) is 1. The van der Waals surface area contributed by atoms with Crippen molar-refractivity contribution in [3.05, 3.63) is 35.5 Å². The highest BCUT2D eigenvalue weighted by atomic mass is 15.0. The third-order valence-corrected chi connectivity index (χ3v) is 4.53. The van der Waals surface area contributed by atoms with Crippen LogP contribution in [-0.2, 0) is 19.6 Å². The van der Waals surface area contributed by atoms with Gasteiger partial charge in [-0.25, -0.2) is 0 Å². The molecule has 2 aromatic rings. The lowest BCUT2D eigenvalue weighted by Crippen LogP contribution is -2.26. The first-order chi connectivity index (χ1) is 9.81. The van der Waals surface area contributed by atoms with Gasteiger partial charge in [-0.3, -0.25) is 0 Å². The van der Waals surface area contributed by atoms with E-state index in [9.17, 15) is 0 Å². The van der Waals surface area contributed by atoms with E-state index in [-0.39, 0.29) is 0 Å². The summed E-state index contributed by atoms with van der Waals surface area (Å²) in [6, 6.07) is 9.61. The molecule has 0 radical (unpaired) electrons. The quantitative estimate of drug-likeness (QED) is 0.877. The van der Waals surface area contributed by atoms with Crippen LogP contribution in [0.25, 0.3) is 10.9 Å². The minimum Gasteiger partial charge on any atom is -0.344 e. The number of rotatable bonds is 5. The second-order valence-corrected chi connectivity index (χ2v) is 5.84. The molecule has 3 heteroatoms. The number of fused-ring (bicyclic) bond motifs is 1. The molecular weight excluding hydrogens is 246 g/mol. The van der Waals surface area contributed by atoms with E-state index in [1.165, 1.54) is 47.8 Å². The van der Waals surface area contributed by atoms with Gasteiger partial charge in [-0.2, -0.15) is 0 Å². The zero-order valence-corrected chi connectivity index (χ0v) is 12.4. The molecule has 20 heavy (non-hydrogen) atoms. The molecule has 0 aliphatic heterocycles. The number of nitrogens with two attached hydrogens (primary N) is 1. The molecule has 0 atom stereocenters. The van der Waals surface area contributed by atoms with Gasteiger partial charge in [-0.1, -0.05) is 25.0 Å². The number of hydrogen-bond donors (Lipinski definition) is 2. The number of aryl methyl sites for hydroxylation is 1. The van der Waals surface area contributed by atoms with Gasteiger partial charge in [0.05, 0.1) is 0 Å². The third kappa shape index (κ3) is 2.60. The van der Waals surface area contributed by atoms with Gasteiger partial charge >= 0.3 is 0 Å². The van der Waals surface area contributed by atoms with Gasteiger partial charge in [0.25, 0.3) is 0 Å². The maximum atomic E-state index is 5.76. The fraction of sp³-hybridized carbons (Fsp3) is 0.529. The fourth-order valence-electron chi connectivity index (χ4n) is 3.38. The Labute approximate surface area is 121 Å². The summed E-state index contributed by atoms with van der Waals surface area (Å²) >= 11 is 0. The van der Waals surface area contributed by atoms with Gasteiger partial charge in [0.15, 0.2) is 0 Å². The topological polar surface area (TPSA) is 43.0 Å². The molecule has 1 aliphatic carbocycles. The predicted octanol–water partition coefficient (Wildman–Crippen LogP) is 3.15. The molecule has 1 aliphatic rings. The van der Waals surface area contributed by atoms with Crippen molar-refractivity contribution in [2.24, 2.45) is 5.73 Å². The first kappa shape index (κ1) is 13.7. The molecule has 0 amide bonds. The number of nitrogens with one attached hydrogen (secondary N) is 1. The maximum absolute atomic E-state index is 5.76. The Morgan fingerprint density at radius 3 is 2.75 bits per heavy atom. The normalized spacial score (nSPS) is 16.3. The van der Waals surface area contributed by atoms with E-state index in [4.69, 9.17) is 5.73 Å². The molecule has 0 unspecified atom stereocenters. The lowest BCUT2D eigenvalue weighted by molar-refractivity contribution is 0.510. The van der Waals surface area contributed by atoms with Crippen LogP contribution in [0.1, 0.15) is 43.9 Å². The van der Waals surface area contributed by atoms with Crippen LogP contribution < -0.4 is 11.1 Å². The van der Waals surface area contributed by atoms with E-state index in [0.717, 1.165) is 19.1 Å². The Balaban J connectivity index is 1.85. The third-order valence-electron chi connectivity index (χ3n) is 4.53. The van der Waals surface area contributed by atoms with Crippen molar-refractivity contribution in [1.82, 2.24) is 9.88 Å². The highest BCUT2D eigenvalue weighted by molar-refractivity contribution is 5.82. The zero-order valence-electron chi connectivity index (χ0n) is 12.4. The van der Waals surface area contributed by atoms with Crippen LogP contribution in [0.2, 0.25) is 0 Å². The molecular formula is C17H25N3. The summed E-state index contributed by atoms with van der Waals surface area (Å²) in [6.07, 6.45) is 5.44. The van der Waals surface area contributed by atoms with Crippen LogP contribution in [-0.4, -0.2) is 10.6 Å². The van der Waals surface area contributed by atoms with Gasteiger partial charge in [0, 0.05) is 36.9 Å². The van der Waals surface area contributed by atoms with Gasteiger partial charge < -0.3 is 15.6 Å². The monoisotopic (exact) mass is 271 g/mol. The van der Waals surface area contributed by atoms with Crippen molar-refractivity contribution in [2.45, 2.75) is 58.3 Å². The van der Waals surface area contributed by atoms with E-state index < -0.39 is 0 Å². The average Bonchev–Trinajstić information content (AvgIpc) is 3.11. The number of hydrogen-bond acceptors (Lipinski definition) is 2. The Kier molecular flexibility index (Phi) is 4.08. The highest BCUT2D eigenvalue weighted by Gasteiger charge is 2.15. The van der Waals surface area contributed by atoms with E-state index in [2.05, 4.69) is 41.1 Å². The van der Waals surface area contributed by atoms with E-state index >= 15 is 0 Å². The van der Waals surface area contributed by atoms with Gasteiger partial charge in [0.2, 0.25) is 0 Å². The second-order valence-electron chi connectivity index (χ2n) is 5.84. The highest BCUT2D eigenvalue weighted by Crippen LogP contribution is 2.23. The van der Waals surface area contributed by atoms with E-state index in [0.29, 0.717) is 6.54 Å². The molecule has 1 aromatic heterocycles. The standard InChI is InChI=1S/C17H25N3/c1-2-20-16(12-19-15-5-3-4-6-15)10-14-8-7-13(11-18)9-17(14)20/h7-10,15,19H,2-6,11-12,18H2,1H3. The molecule has 1 fully saturated rings. The molecule has 0 spiro atoms. The largest absolute Gasteiger partial charge is 0.344 e. The van der Waals surface area contributed by atoms with Gasteiger partial charge in [0.1, 0.15) is 0 Å². The second kappa shape index (κ2) is 5.98. The van der Waals surface area contributed by atoms with Crippen molar-refractivity contribution >= 4 is 10.9 Å². The minimum absolute atomic E-state index is 0.612.